The molecule has 1 saturated heterocycles. The topological polar surface area (TPSA) is 19.0 Å². The second-order valence-corrected chi connectivity index (χ2v) is 8.95. The van der Waals surface area contributed by atoms with Gasteiger partial charge in [0.15, 0.2) is 0 Å². The van der Waals surface area contributed by atoms with Crippen LogP contribution in [-0.4, -0.2) is 44.7 Å². The molecule has 1 fully saturated rings. The lowest BCUT2D eigenvalue weighted by Gasteiger charge is -2.32. The Morgan fingerprint density at radius 1 is 1.00 bits per heavy atom. The first-order valence-electron chi connectivity index (χ1n) is 11.4. The lowest BCUT2D eigenvalue weighted by molar-refractivity contribution is 0.310. The zero-order valence-corrected chi connectivity index (χ0v) is 18.8. The highest BCUT2D eigenvalue weighted by Gasteiger charge is 2.33. The van der Waals surface area contributed by atoms with Gasteiger partial charge in [0.05, 0.1) is 11.4 Å². The second-order valence-electron chi connectivity index (χ2n) is 8.95. The van der Waals surface area contributed by atoms with Crippen LogP contribution < -0.4 is 14.5 Å². The summed E-state index contributed by atoms with van der Waals surface area (Å²) in [6, 6.07) is 22.3. The number of fused-ring (bicyclic) bond motifs is 2. The van der Waals surface area contributed by atoms with Crippen LogP contribution in [0.15, 0.2) is 66.7 Å². The van der Waals surface area contributed by atoms with Crippen LogP contribution in [0.3, 0.4) is 0 Å². The highest BCUT2D eigenvalue weighted by molar-refractivity contribution is 5.73. The van der Waals surface area contributed by atoms with Gasteiger partial charge in [-0.1, -0.05) is 30.3 Å². The SMILES string of the molecule is CN(C)c1ccc(CCN2CC[C@@H](N3c4cc(F)ccc4COc4ccccc43)C2)cc1. The van der Waals surface area contributed by atoms with Crippen molar-refractivity contribution in [3.8, 4) is 5.75 Å². The maximum Gasteiger partial charge on any atom is 0.143 e. The van der Waals surface area contributed by atoms with Crippen molar-refractivity contribution in [3.05, 3.63) is 83.7 Å². The Labute approximate surface area is 189 Å². The number of ether oxygens (including phenoxy) is 1. The maximum atomic E-state index is 14.2. The summed E-state index contributed by atoms with van der Waals surface area (Å²) in [7, 11) is 4.13. The molecular weight excluding hydrogens is 401 g/mol. The first-order chi connectivity index (χ1) is 15.6. The molecule has 4 nitrogen and oxygen atoms in total. The molecule has 0 saturated carbocycles. The summed E-state index contributed by atoms with van der Waals surface area (Å²) >= 11 is 0. The van der Waals surface area contributed by atoms with E-state index in [4.69, 9.17) is 4.74 Å². The van der Waals surface area contributed by atoms with Crippen LogP contribution in [0, 0.1) is 5.82 Å². The van der Waals surface area contributed by atoms with Crippen LogP contribution >= 0.6 is 0 Å². The van der Waals surface area contributed by atoms with Gasteiger partial charge in [-0.05, 0) is 54.8 Å². The molecule has 0 radical (unpaired) electrons. The van der Waals surface area contributed by atoms with Crippen LogP contribution in [0.1, 0.15) is 17.5 Å². The molecule has 5 heteroatoms. The quantitative estimate of drug-likeness (QED) is 0.550. The van der Waals surface area contributed by atoms with Crippen molar-refractivity contribution in [2.24, 2.45) is 0 Å². The number of rotatable bonds is 5. The minimum Gasteiger partial charge on any atom is -0.487 e. The Balaban J connectivity index is 1.34. The molecule has 1 atom stereocenters. The Hall–Kier alpha value is -3.05. The standard InChI is InChI=1S/C27H30FN3O/c1-29(2)23-11-7-20(8-12-23)13-15-30-16-14-24(18-30)31-25-5-3-4-6-27(25)32-19-21-9-10-22(28)17-26(21)31/h3-12,17,24H,13-16,18-19H2,1-2H3/t24-/m1/s1. The third-order valence-corrected chi connectivity index (χ3v) is 6.60. The van der Waals surface area contributed by atoms with Crippen LogP contribution in [0.5, 0.6) is 5.75 Å². The fraction of sp³-hybridized carbons (Fsp3) is 0.333. The normalized spacial score (nSPS) is 18.0. The molecule has 2 aliphatic rings. The minimum absolute atomic E-state index is 0.204. The van der Waals surface area contributed by atoms with Crippen molar-refractivity contribution >= 4 is 17.1 Å². The fourth-order valence-corrected chi connectivity index (χ4v) is 4.81. The summed E-state index contributed by atoms with van der Waals surface area (Å²) in [5.74, 6) is 0.660. The maximum absolute atomic E-state index is 14.2. The average Bonchev–Trinajstić information content (AvgIpc) is 3.20. The van der Waals surface area contributed by atoms with Gasteiger partial charge in [0.1, 0.15) is 18.2 Å². The van der Waals surface area contributed by atoms with E-state index in [-0.39, 0.29) is 11.9 Å². The van der Waals surface area contributed by atoms with Crippen molar-refractivity contribution in [1.29, 1.82) is 0 Å². The van der Waals surface area contributed by atoms with Gasteiger partial charge in [-0.25, -0.2) is 4.39 Å². The number of hydrogen-bond donors (Lipinski definition) is 0. The molecule has 2 heterocycles. The largest absolute Gasteiger partial charge is 0.487 e. The first-order valence-corrected chi connectivity index (χ1v) is 11.4. The van der Waals surface area contributed by atoms with Gasteiger partial charge in [-0.2, -0.15) is 0 Å². The van der Waals surface area contributed by atoms with Crippen LogP contribution in [-0.2, 0) is 13.0 Å². The van der Waals surface area contributed by atoms with Gasteiger partial charge < -0.3 is 19.4 Å². The van der Waals surface area contributed by atoms with E-state index in [1.54, 1.807) is 6.07 Å². The predicted molar refractivity (Wildman–Crippen MR) is 129 cm³/mol. The summed E-state index contributed by atoms with van der Waals surface area (Å²) in [6.45, 7) is 3.49. The minimum atomic E-state index is -0.204. The molecule has 0 N–H and O–H groups in total. The molecule has 5 rings (SSSR count). The fourth-order valence-electron chi connectivity index (χ4n) is 4.81. The van der Waals surface area contributed by atoms with Gasteiger partial charge in [0.25, 0.3) is 0 Å². The Morgan fingerprint density at radius 3 is 2.62 bits per heavy atom. The molecule has 32 heavy (non-hydrogen) atoms. The summed E-state index contributed by atoms with van der Waals surface area (Å²) in [5.41, 5.74) is 5.58. The lowest BCUT2D eigenvalue weighted by atomic mass is 10.1. The molecule has 0 spiro atoms. The Bertz CT molecular complexity index is 1080. The molecule has 0 unspecified atom stereocenters. The molecule has 0 aliphatic carbocycles. The molecule has 0 aromatic heterocycles. The number of benzene rings is 3. The average molecular weight is 432 g/mol. The van der Waals surface area contributed by atoms with E-state index in [0.717, 1.165) is 55.2 Å². The predicted octanol–water partition coefficient (Wildman–Crippen LogP) is 5.24. The van der Waals surface area contributed by atoms with Gasteiger partial charge >= 0.3 is 0 Å². The number of halogens is 1. The third kappa shape index (κ3) is 4.17. The van der Waals surface area contributed by atoms with Gasteiger partial charge in [0.2, 0.25) is 0 Å². The summed E-state index contributed by atoms with van der Waals surface area (Å²) in [4.78, 5) is 6.96. The second kappa shape index (κ2) is 8.83. The van der Waals surface area contributed by atoms with Crippen LogP contribution in [0.2, 0.25) is 0 Å². The van der Waals surface area contributed by atoms with Crippen LogP contribution in [0.25, 0.3) is 0 Å². The number of likely N-dealkylation sites (tertiary alicyclic amines) is 1. The van der Waals surface area contributed by atoms with E-state index in [0.29, 0.717) is 6.61 Å². The summed E-state index contributed by atoms with van der Waals surface area (Å²) < 4.78 is 20.3. The van der Waals surface area contributed by atoms with Crippen molar-refractivity contribution < 1.29 is 9.13 Å². The number of anilines is 3. The van der Waals surface area contributed by atoms with E-state index in [2.05, 4.69) is 59.1 Å². The van der Waals surface area contributed by atoms with Crippen molar-refractivity contribution in [2.75, 3.05) is 43.5 Å². The Morgan fingerprint density at radius 2 is 1.81 bits per heavy atom. The number of nitrogens with zero attached hydrogens (tertiary/aromatic N) is 3. The summed E-state index contributed by atoms with van der Waals surface area (Å²) in [5, 5.41) is 0. The van der Waals surface area contributed by atoms with Gasteiger partial charge in [-0.15, -0.1) is 0 Å². The van der Waals surface area contributed by atoms with Gasteiger partial charge in [-0.3, -0.25) is 0 Å². The summed E-state index contributed by atoms with van der Waals surface area (Å²) in [6.07, 6.45) is 2.08. The van der Waals surface area contributed by atoms with Gasteiger partial charge in [0, 0.05) is 51.0 Å². The molecule has 0 bridgehead atoms. The van der Waals surface area contributed by atoms with Crippen molar-refractivity contribution in [1.82, 2.24) is 4.90 Å². The number of hydrogen-bond acceptors (Lipinski definition) is 4. The third-order valence-electron chi connectivity index (χ3n) is 6.60. The van der Waals surface area contributed by atoms with Crippen molar-refractivity contribution in [3.63, 3.8) is 0 Å². The first kappa shape index (κ1) is 20.8. The van der Waals surface area contributed by atoms with Crippen LogP contribution in [0.4, 0.5) is 21.5 Å². The molecular formula is C27H30FN3O. The molecule has 166 valence electrons. The Kier molecular flexibility index (Phi) is 5.75. The smallest absolute Gasteiger partial charge is 0.143 e. The molecule has 3 aromatic carbocycles. The molecule has 3 aromatic rings. The molecule has 2 aliphatic heterocycles. The van der Waals surface area contributed by atoms with E-state index < -0.39 is 0 Å². The van der Waals surface area contributed by atoms with E-state index >= 15 is 0 Å². The number of para-hydroxylation sites is 2. The van der Waals surface area contributed by atoms with E-state index in [1.807, 2.05) is 24.3 Å². The zero-order chi connectivity index (χ0) is 22.1. The lowest BCUT2D eigenvalue weighted by Crippen LogP contribution is -2.35. The highest BCUT2D eigenvalue weighted by Crippen LogP contribution is 2.42. The molecule has 0 amide bonds. The van der Waals surface area contributed by atoms with E-state index in [1.165, 1.54) is 17.3 Å². The van der Waals surface area contributed by atoms with E-state index in [9.17, 15) is 4.39 Å². The monoisotopic (exact) mass is 431 g/mol. The van der Waals surface area contributed by atoms with Crippen molar-refractivity contribution in [2.45, 2.75) is 25.5 Å². The zero-order valence-electron chi connectivity index (χ0n) is 18.8. The highest BCUT2D eigenvalue weighted by atomic mass is 19.1.